The van der Waals surface area contributed by atoms with Gasteiger partial charge in [-0.05, 0) is 42.3 Å². The van der Waals surface area contributed by atoms with E-state index in [-0.39, 0.29) is 0 Å². The van der Waals surface area contributed by atoms with E-state index in [9.17, 15) is 4.79 Å². The molecule has 1 atom stereocenters. The Bertz CT molecular complexity index is 963. The Morgan fingerprint density at radius 1 is 1.31 bits per heavy atom. The Labute approximate surface area is 157 Å². The molecule has 0 bridgehead atoms. The van der Waals surface area contributed by atoms with Crippen LogP contribution in [0.1, 0.15) is 18.9 Å². The highest BCUT2D eigenvalue weighted by molar-refractivity contribution is 6.30. The summed E-state index contributed by atoms with van der Waals surface area (Å²) in [7, 11) is 1.35. The second-order valence-electron chi connectivity index (χ2n) is 5.98. The van der Waals surface area contributed by atoms with Crippen molar-refractivity contribution in [3.05, 3.63) is 71.4 Å². The lowest BCUT2D eigenvalue weighted by Crippen LogP contribution is -2.33. The van der Waals surface area contributed by atoms with E-state index in [4.69, 9.17) is 22.1 Å². The number of hydrogen-bond acceptors (Lipinski definition) is 4. The number of benzene rings is 2. The Morgan fingerprint density at radius 2 is 2.04 bits per heavy atom. The van der Waals surface area contributed by atoms with E-state index in [0.717, 1.165) is 16.5 Å². The molecule has 134 valence electrons. The Morgan fingerprint density at radius 3 is 2.69 bits per heavy atom. The van der Waals surface area contributed by atoms with Crippen molar-refractivity contribution in [1.82, 2.24) is 9.78 Å². The quantitative estimate of drug-likeness (QED) is 0.416. The number of methoxy groups -OCH3 is 1. The van der Waals surface area contributed by atoms with Crippen LogP contribution in [0.3, 0.4) is 0 Å². The molecule has 0 aliphatic heterocycles. The van der Waals surface area contributed by atoms with Crippen LogP contribution in [0.5, 0.6) is 0 Å². The van der Waals surface area contributed by atoms with E-state index >= 15 is 0 Å². The molecule has 1 unspecified atom stereocenters. The summed E-state index contributed by atoms with van der Waals surface area (Å²) in [5.74, 6) is -0.423. The van der Waals surface area contributed by atoms with E-state index < -0.39 is 11.5 Å². The fraction of sp³-hybridized carbons (Fsp3) is 0.200. The third-order valence-electron chi connectivity index (χ3n) is 4.60. The van der Waals surface area contributed by atoms with E-state index in [2.05, 4.69) is 5.10 Å². The van der Waals surface area contributed by atoms with Crippen LogP contribution in [0.2, 0.25) is 5.02 Å². The maximum atomic E-state index is 11.8. The zero-order valence-electron chi connectivity index (χ0n) is 14.6. The molecule has 0 amide bonds. The van der Waals surface area contributed by atoms with Crippen molar-refractivity contribution in [2.75, 3.05) is 12.8 Å². The predicted octanol–water partition coefficient (Wildman–Crippen LogP) is 4.15. The molecule has 6 heteroatoms. The molecule has 0 radical (unpaired) electrons. The van der Waals surface area contributed by atoms with Crippen molar-refractivity contribution < 1.29 is 9.53 Å². The van der Waals surface area contributed by atoms with Crippen molar-refractivity contribution in [2.45, 2.75) is 18.9 Å². The number of esters is 1. The number of carbonyl (C=O) groups excluding carboxylic acids is 1. The zero-order valence-corrected chi connectivity index (χ0v) is 15.4. The molecule has 2 aromatic carbocycles. The highest BCUT2D eigenvalue weighted by Gasteiger charge is 2.32. The van der Waals surface area contributed by atoms with Gasteiger partial charge in [-0.2, -0.15) is 5.10 Å². The number of nitrogens with two attached hydrogens (primary N) is 1. The lowest BCUT2D eigenvalue weighted by molar-refractivity contribution is -0.134. The minimum absolute atomic E-state index is 0.423. The van der Waals surface area contributed by atoms with Gasteiger partial charge in [-0.1, -0.05) is 36.7 Å². The zero-order chi connectivity index (χ0) is 18.7. The number of ether oxygens (including phenoxy) is 1. The minimum Gasteiger partial charge on any atom is -0.466 e. The average molecular weight is 370 g/mol. The molecule has 26 heavy (non-hydrogen) atoms. The molecule has 2 N–H and O–H groups in total. The third-order valence-corrected chi connectivity index (χ3v) is 4.86. The maximum absolute atomic E-state index is 11.8. The van der Waals surface area contributed by atoms with Gasteiger partial charge in [0.05, 0.1) is 18.8 Å². The molecular formula is C20H20ClN3O2. The minimum atomic E-state index is -0.686. The van der Waals surface area contributed by atoms with E-state index in [1.807, 2.05) is 60.1 Å². The summed E-state index contributed by atoms with van der Waals surface area (Å²) in [5.41, 5.74) is 7.91. The standard InChI is InChI=1S/C20H20ClN3O2/c1-3-20(12-11-19(25)26-2,14-7-9-15(21)10-8-14)24-18-6-4-5-17(22)16(18)13-23-24/h4-13H,3,22H2,1-2H3. The summed E-state index contributed by atoms with van der Waals surface area (Å²) < 4.78 is 6.66. The largest absolute Gasteiger partial charge is 0.466 e. The van der Waals surface area contributed by atoms with E-state index in [1.54, 1.807) is 6.20 Å². The van der Waals surface area contributed by atoms with Crippen molar-refractivity contribution >= 4 is 34.2 Å². The molecule has 3 rings (SSSR count). The summed E-state index contributed by atoms with van der Waals surface area (Å²) in [5, 5.41) is 6.11. The highest BCUT2D eigenvalue weighted by atomic mass is 35.5. The molecule has 0 aliphatic carbocycles. The molecule has 1 heterocycles. The topological polar surface area (TPSA) is 70.1 Å². The van der Waals surface area contributed by atoms with E-state index in [0.29, 0.717) is 17.1 Å². The van der Waals surface area contributed by atoms with Crippen molar-refractivity contribution in [2.24, 2.45) is 0 Å². The Balaban J connectivity index is 2.28. The van der Waals surface area contributed by atoms with E-state index in [1.165, 1.54) is 13.2 Å². The second kappa shape index (κ2) is 7.22. The maximum Gasteiger partial charge on any atom is 0.330 e. The van der Waals surface area contributed by atoms with Gasteiger partial charge in [0.25, 0.3) is 0 Å². The molecule has 0 saturated carbocycles. The van der Waals surface area contributed by atoms with Crippen LogP contribution in [-0.4, -0.2) is 22.9 Å². The molecule has 0 spiro atoms. The number of nitrogen functional groups attached to an aromatic ring is 1. The van der Waals surface area contributed by atoms with Gasteiger partial charge in [0.2, 0.25) is 0 Å². The molecule has 5 nitrogen and oxygen atoms in total. The third kappa shape index (κ3) is 3.06. The van der Waals surface area contributed by atoms with Crippen molar-refractivity contribution in [1.29, 1.82) is 0 Å². The van der Waals surface area contributed by atoms with Gasteiger partial charge in [0, 0.05) is 22.2 Å². The smallest absolute Gasteiger partial charge is 0.330 e. The number of aromatic nitrogens is 2. The lowest BCUT2D eigenvalue weighted by Gasteiger charge is -2.32. The van der Waals surface area contributed by atoms with Crippen LogP contribution >= 0.6 is 11.6 Å². The Hall–Kier alpha value is -2.79. The SMILES string of the molecule is CCC(C=CC(=O)OC)(c1ccc(Cl)cc1)n1ncc2c(N)cccc21. The van der Waals surface area contributed by atoms with Crippen molar-refractivity contribution in [3.8, 4) is 0 Å². The first-order valence-corrected chi connectivity index (χ1v) is 8.65. The summed E-state index contributed by atoms with van der Waals surface area (Å²) in [4.78, 5) is 11.8. The van der Waals surface area contributed by atoms with Gasteiger partial charge >= 0.3 is 5.97 Å². The van der Waals surface area contributed by atoms with Gasteiger partial charge in [-0.25, -0.2) is 4.79 Å². The number of fused-ring (bicyclic) bond motifs is 1. The van der Waals surface area contributed by atoms with Gasteiger partial charge in [0.1, 0.15) is 5.54 Å². The number of rotatable bonds is 5. The van der Waals surface area contributed by atoms with Crippen LogP contribution in [-0.2, 0) is 15.1 Å². The highest BCUT2D eigenvalue weighted by Crippen LogP contribution is 2.36. The molecule has 1 aromatic heterocycles. The van der Waals surface area contributed by atoms with Gasteiger partial charge in [0.15, 0.2) is 0 Å². The number of carbonyl (C=O) groups is 1. The van der Waals surface area contributed by atoms with Gasteiger partial charge in [-0.15, -0.1) is 0 Å². The van der Waals surface area contributed by atoms with Crippen LogP contribution in [0.25, 0.3) is 10.9 Å². The summed E-state index contributed by atoms with van der Waals surface area (Å²) in [6, 6.07) is 13.2. The fourth-order valence-corrected chi connectivity index (χ4v) is 3.29. The fourth-order valence-electron chi connectivity index (χ4n) is 3.16. The summed E-state index contributed by atoms with van der Waals surface area (Å²) in [6.45, 7) is 2.04. The monoisotopic (exact) mass is 369 g/mol. The normalized spacial score (nSPS) is 13.8. The molecule has 3 aromatic rings. The van der Waals surface area contributed by atoms with Crippen molar-refractivity contribution in [3.63, 3.8) is 0 Å². The number of allylic oxidation sites excluding steroid dienone is 1. The first-order valence-electron chi connectivity index (χ1n) is 8.27. The molecule has 0 aliphatic rings. The second-order valence-corrected chi connectivity index (χ2v) is 6.41. The number of hydrogen-bond donors (Lipinski definition) is 1. The van der Waals surface area contributed by atoms with Crippen LogP contribution in [0.15, 0.2) is 60.8 Å². The summed E-state index contributed by atoms with van der Waals surface area (Å²) >= 11 is 6.06. The predicted molar refractivity (Wildman–Crippen MR) is 104 cm³/mol. The van der Waals surface area contributed by atoms with Crippen LogP contribution < -0.4 is 5.73 Å². The number of halogens is 1. The molecule has 0 saturated heterocycles. The number of anilines is 1. The first-order chi connectivity index (χ1) is 12.5. The van der Waals surface area contributed by atoms with Crippen LogP contribution in [0.4, 0.5) is 5.69 Å². The Kier molecular flexibility index (Phi) is 5.00. The van der Waals surface area contributed by atoms with Gasteiger partial charge in [-0.3, -0.25) is 4.68 Å². The van der Waals surface area contributed by atoms with Crippen LogP contribution in [0, 0.1) is 0 Å². The number of nitrogens with zero attached hydrogens (tertiary/aromatic N) is 2. The lowest BCUT2D eigenvalue weighted by atomic mass is 9.86. The van der Waals surface area contributed by atoms with Gasteiger partial charge < -0.3 is 10.5 Å². The first kappa shape index (κ1) is 18.0. The summed E-state index contributed by atoms with van der Waals surface area (Å²) in [6.07, 6.45) is 5.65. The average Bonchev–Trinajstić information content (AvgIpc) is 3.09. The molecular weight excluding hydrogens is 350 g/mol. The molecule has 0 fully saturated rings.